The van der Waals surface area contributed by atoms with Gasteiger partial charge in [-0.25, -0.2) is 21.7 Å². The first-order valence-electron chi connectivity index (χ1n) is 8.67. The summed E-state index contributed by atoms with van der Waals surface area (Å²) in [5.41, 5.74) is -1.43. The largest absolute Gasteiger partial charge is 0.393 e. The van der Waals surface area contributed by atoms with E-state index in [-0.39, 0.29) is 15.5 Å². The minimum absolute atomic E-state index is 0.0137. The van der Waals surface area contributed by atoms with Gasteiger partial charge in [-0.2, -0.15) is 4.31 Å². The summed E-state index contributed by atoms with van der Waals surface area (Å²) in [5, 5.41) is 19.0. The number of β-amino-alcohol motifs (C(OH)–C–C–N with tert-alkyl or cyclic N) is 1. The SMILES string of the molecule is [C-]#[N+]c1ccc(S(=O)(=O)[C@H]2CN(S(=O)(=O)c3ccccc3C)C[C@@]2(O)CO)cc1. The molecule has 29 heavy (non-hydrogen) atoms. The zero-order valence-electron chi connectivity index (χ0n) is 15.6. The molecule has 0 aliphatic carbocycles. The van der Waals surface area contributed by atoms with Gasteiger partial charge in [-0.05, 0) is 18.6 Å². The van der Waals surface area contributed by atoms with Crippen molar-refractivity contribution in [2.45, 2.75) is 27.6 Å². The second-order valence-electron chi connectivity index (χ2n) is 6.96. The number of aryl methyl sites for hydroxylation is 1. The van der Waals surface area contributed by atoms with E-state index in [0.29, 0.717) is 5.56 Å². The van der Waals surface area contributed by atoms with Crippen molar-refractivity contribution in [1.82, 2.24) is 4.31 Å². The molecule has 2 aromatic rings. The molecular weight excluding hydrogens is 416 g/mol. The van der Waals surface area contributed by atoms with Crippen molar-refractivity contribution in [3.8, 4) is 0 Å². The van der Waals surface area contributed by atoms with E-state index < -0.39 is 50.4 Å². The molecule has 10 heteroatoms. The molecule has 2 N–H and O–H groups in total. The van der Waals surface area contributed by atoms with Gasteiger partial charge in [0.05, 0.1) is 23.0 Å². The van der Waals surface area contributed by atoms with Gasteiger partial charge < -0.3 is 10.2 Å². The molecule has 1 aliphatic heterocycles. The first-order chi connectivity index (χ1) is 13.6. The Kier molecular flexibility index (Phi) is 5.55. The minimum Gasteiger partial charge on any atom is -0.393 e. The highest BCUT2D eigenvalue weighted by atomic mass is 32.2. The van der Waals surface area contributed by atoms with E-state index in [2.05, 4.69) is 4.85 Å². The fourth-order valence-electron chi connectivity index (χ4n) is 3.41. The molecule has 0 saturated carbocycles. The van der Waals surface area contributed by atoms with E-state index >= 15 is 0 Å². The molecule has 1 heterocycles. The predicted molar refractivity (Wildman–Crippen MR) is 106 cm³/mol. The van der Waals surface area contributed by atoms with Gasteiger partial charge in [-0.15, -0.1) is 0 Å². The number of sulfonamides is 1. The highest BCUT2D eigenvalue weighted by Gasteiger charge is 2.55. The second kappa shape index (κ2) is 7.51. The summed E-state index contributed by atoms with van der Waals surface area (Å²) in [6.07, 6.45) is 0. The van der Waals surface area contributed by atoms with E-state index in [4.69, 9.17) is 6.57 Å². The molecular formula is C19H20N2O6S2. The Bertz CT molecular complexity index is 1170. The monoisotopic (exact) mass is 436 g/mol. The predicted octanol–water partition coefficient (Wildman–Crippen LogP) is 1.12. The lowest BCUT2D eigenvalue weighted by atomic mass is 10.1. The Morgan fingerprint density at radius 1 is 1.14 bits per heavy atom. The third-order valence-corrected chi connectivity index (χ3v) is 9.31. The van der Waals surface area contributed by atoms with Crippen LogP contribution in [0.3, 0.4) is 0 Å². The van der Waals surface area contributed by atoms with Gasteiger partial charge >= 0.3 is 0 Å². The van der Waals surface area contributed by atoms with Gasteiger partial charge in [0, 0.05) is 13.1 Å². The third-order valence-electron chi connectivity index (χ3n) is 5.07. The Hall–Kier alpha value is -2.29. The molecule has 0 unspecified atom stereocenters. The van der Waals surface area contributed by atoms with Crippen LogP contribution in [0.4, 0.5) is 5.69 Å². The zero-order chi connectivity index (χ0) is 21.4. The van der Waals surface area contributed by atoms with Crippen molar-refractivity contribution in [3.63, 3.8) is 0 Å². The van der Waals surface area contributed by atoms with Gasteiger partial charge in [0.25, 0.3) is 0 Å². The highest BCUT2D eigenvalue weighted by molar-refractivity contribution is 7.92. The van der Waals surface area contributed by atoms with E-state index in [0.717, 1.165) is 4.31 Å². The number of hydrogen-bond acceptors (Lipinski definition) is 6. The Morgan fingerprint density at radius 3 is 2.31 bits per heavy atom. The van der Waals surface area contributed by atoms with E-state index in [1.807, 2.05) is 0 Å². The quantitative estimate of drug-likeness (QED) is 0.679. The molecule has 3 rings (SSSR count). The lowest BCUT2D eigenvalue weighted by Crippen LogP contribution is -2.49. The number of hydrogen-bond donors (Lipinski definition) is 2. The van der Waals surface area contributed by atoms with Gasteiger partial charge in [0.2, 0.25) is 10.0 Å². The first kappa shape index (κ1) is 21.4. The van der Waals surface area contributed by atoms with Crippen LogP contribution in [0, 0.1) is 13.5 Å². The van der Waals surface area contributed by atoms with E-state index in [1.54, 1.807) is 25.1 Å². The summed E-state index contributed by atoms with van der Waals surface area (Å²) in [4.78, 5) is 3.06. The summed E-state index contributed by atoms with van der Waals surface area (Å²) in [6.45, 7) is 6.60. The molecule has 154 valence electrons. The summed E-state index contributed by atoms with van der Waals surface area (Å²) in [6, 6.07) is 11.4. The normalized spacial score (nSPS) is 23.0. The maximum atomic E-state index is 13.1. The topological polar surface area (TPSA) is 116 Å². The summed E-state index contributed by atoms with van der Waals surface area (Å²) >= 11 is 0. The molecule has 0 amide bonds. The van der Waals surface area contributed by atoms with Crippen LogP contribution in [0.25, 0.3) is 4.85 Å². The molecule has 2 atom stereocenters. The minimum atomic E-state index is -4.19. The second-order valence-corrected chi connectivity index (χ2v) is 11.0. The fourth-order valence-corrected chi connectivity index (χ4v) is 7.19. The van der Waals surface area contributed by atoms with Crippen molar-refractivity contribution < 1.29 is 27.0 Å². The Labute approximate surface area is 169 Å². The van der Waals surface area contributed by atoms with Gasteiger partial charge in [0.15, 0.2) is 15.5 Å². The number of aliphatic hydroxyl groups is 2. The average Bonchev–Trinajstić information content (AvgIpc) is 3.08. The lowest BCUT2D eigenvalue weighted by Gasteiger charge is -2.26. The molecule has 0 radical (unpaired) electrons. The van der Waals surface area contributed by atoms with Crippen LogP contribution < -0.4 is 0 Å². The standard InChI is InChI=1S/C19H20N2O6S2/c1-14-5-3-4-6-17(14)29(26,27)21-11-18(19(23,12-21)13-22)28(24,25)16-9-7-15(20-2)8-10-16/h3-10,18,22-23H,11-13H2,1H3/t18-,19+/m0/s1. The number of nitrogens with zero attached hydrogens (tertiary/aromatic N) is 2. The van der Waals surface area contributed by atoms with Gasteiger partial charge in [0.1, 0.15) is 10.9 Å². The van der Waals surface area contributed by atoms with Crippen LogP contribution >= 0.6 is 0 Å². The first-order valence-corrected chi connectivity index (χ1v) is 11.7. The highest BCUT2D eigenvalue weighted by Crippen LogP contribution is 2.35. The maximum absolute atomic E-state index is 13.1. The molecule has 2 aromatic carbocycles. The van der Waals surface area contributed by atoms with Crippen LogP contribution in [-0.4, -0.2) is 61.9 Å². The summed E-state index contributed by atoms with van der Waals surface area (Å²) in [7, 11) is -8.27. The Morgan fingerprint density at radius 2 is 1.76 bits per heavy atom. The number of benzene rings is 2. The molecule has 0 spiro atoms. The van der Waals surface area contributed by atoms with E-state index in [1.165, 1.54) is 30.3 Å². The lowest BCUT2D eigenvalue weighted by molar-refractivity contribution is 0.00160. The summed E-state index contributed by atoms with van der Waals surface area (Å²) in [5.74, 6) is 0. The maximum Gasteiger partial charge on any atom is 0.243 e. The van der Waals surface area contributed by atoms with Crippen molar-refractivity contribution in [1.29, 1.82) is 0 Å². The van der Waals surface area contributed by atoms with Crippen LogP contribution in [-0.2, 0) is 19.9 Å². The molecule has 1 aliphatic rings. The van der Waals surface area contributed by atoms with Crippen LogP contribution in [0.5, 0.6) is 0 Å². The number of sulfone groups is 1. The molecule has 0 bridgehead atoms. The zero-order valence-corrected chi connectivity index (χ0v) is 17.2. The molecule has 1 fully saturated rings. The smallest absolute Gasteiger partial charge is 0.243 e. The van der Waals surface area contributed by atoms with Crippen molar-refractivity contribution in [2.24, 2.45) is 0 Å². The van der Waals surface area contributed by atoms with Gasteiger partial charge in [-0.3, -0.25) is 0 Å². The van der Waals surface area contributed by atoms with Crippen LogP contribution in [0.2, 0.25) is 0 Å². The Balaban J connectivity index is 2.02. The van der Waals surface area contributed by atoms with Crippen molar-refractivity contribution in [3.05, 3.63) is 65.5 Å². The van der Waals surface area contributed by atoms with Crippen molar-refractivity contribution in [2.75, 3.05) is 19.7 Å². The third kappa shape index (κ3) is 3.68. The fraction of sp³-hybridized carbons (Fsp3) is 0.316. The molecule has 0 aromatic heterocycles. The number of aliphatic hydroxyl groups excluding tert-OH is 1. The van der Waals surface area contributed by atoms with E-state index in [9.17, 15) is 27.0 Å². The molecule has 1 saturated heterocycles. The average molecular weight is 437 g/mol. The van der Waals surface area contributed by atoms with Gasteiger partial charge in [-0.1, -0.05) is 42.5 Å². The molecule has 8 nitrogen and oxygen atoms in total. The van der Waals surface area contributed by atoms with Crippen molar-refractivity contribution >= 4 is 25.5 Å². The van der Waals surface area contributed by atoms with Crippen LogP contribution in [0.15, 0.2) is 58.3 Å². The number of rotatable bonds is 5. The van der Waals surface area contributed by atoms with Crippen LogP contribution in [0.1, 0.15) is 5.56 Å². The summed E-state index contributed by atoms with van der Waals surface area (Å²) < 4.78 is 53.2.